The Hall–Kier alpha value is -0.440. The van der Waals surface area contributed by atoms with E-state index in [1.807, 2.05) is 0 Å². The van der Waals surface area contributed by atoms with Crippen LogP contribution in [0.5, 0.6) is 0 Å². The van der Waals surface area contributed by atoms with Crippen molar-refractivity contribution in [3.05, 3.63) is 35.4 Å². The molecule has 5 heteroatoms. The van der Waals surface area contributed by atoms with Crippen molar-refractivity contribution in [2.75, 3.05) is 0 Å². The number of ether oxygens (including phenoxy) is 1. The number of hydrogen-bond donors (Lipinski definition) is 0. The van der Waals surface area contributed by atoms with Gasteiger partial charge in [-0.2, -0.15) is 0 Å². The number of halogens is 3. The maximum atomic E-state index is 11.0. The average molecular weight is 282 g/mol. The molecule has 1 aromatic rings. The summed E-state index contributed by atoms with van der Waals surface area (Å²) in [5.74, 6) is -0.279. The van der Waals surface area contributed by atoms with E-state index in [0.29, 0.717) is 17.5 Å². The summed E-state index contributed by atoms with van der Waals surface area (Å²) in [6.07, 6.45) is 0.329. The number of hydrogen-bond acceptors (Lipinski definition) is 2. The van der Waals surface area contributed by atoms with E-state index in [9.17, 15) is 4.79 Å². The molecule has 0 bridgehead atoms. The van der Waals surface area contributed by atoms with Crippen molar-refractivity contribution in [1.29, 1.82) is 0 Å². The first-order valence-electron chi connectivity index (χ1n) is 4.76. The molecule has 0 heterocycles. The van der Waals surface area contributed by atoms with Crippen molar-refractivity contribution in [3.63, 3.8) is 0 Å². The minimum absolute atomic E-state index is 0.122. The third kappa shape index (κ3) is 3.85. The van der Waals surface area contributed by atoms with Gasteiger partial charge in [-0.1, -0.05) is 66.0 Å². The molecule has 1 rings (SSSR count). The summed E-state index contributed by atoms with van der Waals surface area (Å²) in [7, 11) is 0. The highest BCUT2D eigenvalue weighted by Crippen LogP contribution is 2.40. The Morgan fingerprint density at radius 3 is 2.50 bits per heavy atom. The van der Waals surface area contributed by atoms with Crippen LogP contribution in [-0.2, 0) is 19.9 Å². The fourth-order valence-corrected chi connectivity index (χ4v) is 1.74. The Morgan fingerprint density at radius 2 is 1.94 bits per heavy atom. The fraction of sp³-hybridized carbons (Fsp3) is 0.364. The van der Waals surface area contributed by atoms with Crippen LogP contribution >= 0.6 is 34.8 Å². The minimum atomic E-state index is -1.50. The van der Waals surface area contributed by atoms with Crippen LogP contribution in [0.4, 0.5) is 0 Å². The fourth-order valence-electron chi connectivity index (χ4n) is 1.18. The lowest BCUT2D eigenvalue weighted by Crippen LogP contribution is -2.09. The smallest absolute Gasteiger partial charge is 0.305 e. The Balaban J connectivity index is 2.84. The SMILES string of the molecule is CCC(=O)OCc1ccccc1C(Cl)(Cl)Cl. The molecule has 0 unspecified atom stereocenters. The first kappa shape index (κ1) is 13.6. The van der Waals surface area contributed by atoms with Gasteiger partial charge in [-0.15, -0.1) is 0 Å². The normalized spacial score (nSPS) is 11.2. The van der Waals surface area contributed by atoms with Crippen molar-refractivity contribution in [1.82, 2.24) is 0 Å². The lowest BCUT2D eigenvalue weighted by molar-refractivity contribution is -0.144. The van der Waals surface area contributed by atoms with Crippen molar-refractivity contribution in [2.24, 2.45) is 0 Å². The summed E-state index contributed by atoms with van der Waals surface area (Å²) < 4.78 is 3.49. The highest BCUT2D eigenvalue weighted by molar-refractivity contribution is 6.66. The Morgan fingerprint density at radius 1 is 1.31 bits per heavy atom. The van der Waals surface area contributed by atoms with Crippen molar-refractivity contribution >= 4 is 40.8 Å². The van der Waals surface area contributed by atoms with Crippen LogP contribution in [0.15, 0.2) is 24.3 Å². The first-order chi connectivity index (χ1) is 7.45. The second-order valence-electron chi connectivity index (χ2n) is 3.17. The molecule has 0 spiro atoms. The van der Waals surface area contributed by atoms with Gasteiger partial charge in [-0.25, -0.2) is 0 Å². The molecule has 16 heavy (non-hydrogen) atoms. The van der Waals surface area contributed by atoms with E-state index in [4.69, 9.17) is 39.5 Å². The molecular formula is C11H11Cl3O2. The molecular weight excluding hydrogens is 270 g/mol. The highest BCUT2D eigenvalue weighted by atomic mass is 35.6. The number of carbonyl (C=O) groups is 1. The summed E-state index contributed by atoms with van der Waals surface area (Å²) in [6, 6.07) is 7.03. The molecule has 0 atom stereocenters. The second-order valence-corrected chi connectivity index (χ2v) is 5.45. The lowest BCUT2D eigenvalue weighted by Gasteiger charge is -2.16. The van der Waals surface area contributed by atoms with Crippen LogP contribution in [-0.4, -0.2) is 5.97 Å². The third-order valence-corrected chi connectivity index (χ3v) is 2.61. The van der Waals surface area contributed by atoms with Gasteiger partial charge < -0.3 is 4.74 Å². The van der Waals surface area contributed by atoms with Crippen LogP contribution in [0.3, 0.4) is 0 Å². The summed E-state index contributed by atoms with van der Waals surface area (Å²) in [5, 5.41) is 0. The average Bonchev–Trinajstić information content (AvgIpc) is 2.25. The van der Waals surface area contributed by atoms with E-state index < -0.39 is 3.79 Å². The monoisotopic (exact) mass is 280 g/mol. The predicted octanol–water partition coefficient (Wildman–Crippen LogP) is 3.97. The topological polar surface area (TPSA) is 26.3 Å². The number of alkyl halides is 3. The van der Waals surface area contributed by atoms with E-state index in [2.05, 4.69) is 0 Å². The third-order valence-electron chi connectivity index (χ3n) is 2.00. The molecule has 2 nitrogen and oxygen atoms in total. The quantitative estimate of drug-likeness (QED) is 0.619. The Labute approximate surface area is 109 Å². The Kier molecular flexibility index (Phi) is 4.90. The summed E-state index contributed by atoms with van der Waals surface area (Å²) in [5.41, 5.74) is 1.23. The molecule has 0 aliphatic carbocycles. The van der Waals surface area contributed by atoms with Gasteiger partial charge in [-0.05, 0) is 5.56 Å². The predicted molar refractivity (Wildman–Crippen MR) is 65.8 cm³/mol. The summed E-state index contributed by atoms with van der Waals surface area (Å²) in [4.78, 5) is 11.0. The van der Waals surface area contributed by atoms with Crippen LogP contribution in [0.2, 0.25) is 0 Å². The molecule has 88 valence electrons. The van der Waals surface area contributed by atoms with Crippen molar-refractivity contribution < 1.29 is 9.53 Å². The van der Waals surface area contributed by atoms with E-state index in [1.54, 1.807) is 31.2 Å². The summed E-state index contributed by atoms with van der Waals surface area (Å²) in [6.45, 7) is 1.85. The van der Waals surface area contributed by atoms with Gasteiger partial charge in [0, 0.05) is 12.0 Å². The second kappa shape index (κ2) is 5.76. The molecule has 0 radical (unpaired) electrons. The zero-order chi connectivity index (χ0) is 12.2. The molecule has 0 aliphatic heterocycles. The Bertz CT molecular complexity index is 372. The largest absolute Gasteiger partial charge is 0.461 e. The number of carbonyl (C=O) groups excluding carboxylic acids is 1. The van der Waals surface area contributed by atoms with Gasteiger partial charge >= 0.3 is 5.97 Å². The van der Waals surface area contributed by atoms with Gasteiger partial charge in [0.1, 0.15) is 6.61 Å². The van der Waals surface area contributed by atoms with Gasteiger partial charge in [0.05, 0.1) is 0 Å². The van der Waals surface area contributed by atoms with Gasteiger partial charge in [0.25, 0.3) is 0 Å². The lowest BCUT2D eigenvalue weighted by atomic mass is 10.1. The zero-order valence-electron chi connectivity index (χ0n) is 8.67. The molecule has 0 aliphatic rings. The van der Waals surface area contributed by atoms with E-state index >= 15 is 0 Å². The molecule has 0 amide bonds. The zero-order valence-corrected chi connectivity index (χ0v) is 10.9. The van der Waals surface area contributed by atoms with E-state index in [1.165, 1.54) is 0 Å². The number of esters is 1. The molecule has 0 N–H and O–H groups in total. The van der Waals surface area contributed by atoms with Gasteiger partial charge in [-0.3, -0.25) is 4.79 Å². The van der Waals surface area contributed by atoms with Gasteiger partial charge in [0.15, 0.2) is 0 Å². The maximum Gasteiger partial charge on any atom is 0.305 e. The molecule has 1 aromatic carbocycles. The minimum Gasteiger partial charge on any atom is -0.461 e. The van der Waals surface area contributed by atoms with E-state index in [0.717, 1.165) is 0 Å². The number of benzene rings is 1. The maximum absolute atomic E-state index is 11.0. The highest BCUT2D eigenvalue weighted by Gasteiger charge is 2.25. The van der Waals surface area contributed by atoms with Crippen LogP contribution in [0, 0.1) is 0 Å². The standard InChI is InChI=1S/C11H11Cl3O2/c1-2-10(15)16-7-8-5-3-4-6-9(8)11(12,13)14/h3-6H,2,7H2,1H3. The van der Waals surface area contributed by atoms with Crippen LogP contribution in [0.1, 0.15) is 24.5 Å². The van der Waals surface area contributed by atoms with E-state index in [-0.39, 0.29) is 12.6 Å². The van der Waals surface area contributed by atoms with Crippen LogP contribution < -0.4 is 0 Å². The first-order valence-corrected chi connectivity index (χ1v) is 5.89. The molecule has 0 aromatic heterocycles. The molecule has 0 saturated carbocycles. The summed E-state index contributed by atoms with van der Waals surface area (Å²) >= 11 is 17.4. The number of rotatable bonds is 3. The molecule has 0 saturated heterocycles. The molecule has 0 fully saturated rings. The van der Waals surface area contributed by atoms with Crippen molar-refractivity contribution in [3.8, 4) is 0 Å². The van der Waals surface area contributed by atoms with Crippen LogP contribution in [0.25, 0.3) is 0 Å². The van der Waals surface area contributed by atoms with Crippen molar-refractivity contribution in [2.45, 2.75) is 23.7 Å². The van der Waals surface area contributed by atoms with Gasteiger partial charge in [0.2, 0.25) is 3.79 Å².